The Kier molecular flexibility index (Phi) is 39.0. The van der Waals surface area contributed by atoms with Crippen molar-refractivity contribution >= 4 is 109 Å². The maximum atomic E-state index is 13.1. The number of aryl methyl sites for hydroxylation is 2. The van der Waals surface area contributed by atoms with Gasteiger partial charge in [-0.2, -0.15) is 0 Å². The molecule has 16 aromatic rings. The zero-order chi connectivity index (χ0) is 80.2. The molecule has 0 saturated heterocycles. The van der Waals surface area contributed by atoms with Gasteiger partial charge in [-0.1, -0.05) is 166 Å². The van der Waals surface area contributed by atoms with Gasteiger partial charge < -0.3 is 40.4 Å². The van der Waals surface area contributed by atoms with Crippen LogP contribution in [0.2, 0.25) is 0 Å². The number of fused-ring (bicyclic) bond motifs is 12. The molecule has 596 valence electrons. The van der Waals surface area contributed by atoms with E-state index in [-0.39, 0.29) is 132 Å². The molecule has 4 aromatic heterocycles. The van der Waals surface area contributed by atoms with Gasteiger partial charge in [-0.3, -0.25) is 23.6 Å². The molecule has 0 bridgehead atoms. The number of allylic oxidation sites excluding steroid dienone is 8. The summed E-state index contributed by atoms with van der Waals surface area (Å²) >= 11 is 0. The van der Waals surface area contributed by atoms with E-state index in [1.807, 2.05) is 61.1 Å². The minimum absolute atomic E-state index is 0. The molecule has 12 aromatic carbocycles. The van der Waals surface area contributed by atoms with Crippen LogP contribution in [0, 0.1) is 37.0 Å². The number of pyridine rings is 4. The van der Waals surface area contributed by atoms with E-state index in [1.54, 1.807) is 12.3 Å². The van der Waals surface area contributed by atoms with Crippen LogP contribution in [0.5, 0.6) is 0 Å². The summed E-state index contributed by atoms with van der Waals surface area (Å²) in [4.78, 5) is 51.8. The van der Waals surface area contributed by atoms with Gasteiger partial charge in [0.1, 0.15) is 0 Å². The number of halogens is 1. The van der Waals surface area contributed by atoms with Gasteiger partial charge in [-0.25, -0.2) is 0 Å². The standard InChI is InChI=1S/C21H16N.C20H14N.C19H11FN.C19H12N.4C5H8O2.4Ir/c1-2-15-7-9-17(10-8-15)21-20-12-11-16-5-3-4-6-18(16)19(20)13-14-22-21;1-14-6-8-16(9-7-14)20-19-11-10-15-4-2-3-5-17(15)18(19)12-13-21-20;20-15-8-5-14(6-9-15)19-18-10-7-13-3-1-2-4-16(13)17(18)11-12-21-19;1-2-7-15(8-3-1)19-18-11-10-14-6-4-5-9-16(14)17(18)12-13-20-19;4*1-4(6)3-5(2)7;;;;/h3-9,11-14H,2H2,1H3;2-8,10-13H,1H3;1-5,7-12H;1-7,9-13H;4*3,6H,1-2H3;;;;/q4*-1;;;;;;;;/p+4. The Labute approximate surface area is 730 Å². The predicted molar refractivity (Wildman–Crippen MR) is 464 cm³/mol. The van der Waals surface area contributed by atoms with Gasteiger partial charge in [0.05, 0.1) is 75.0 Å². The molecule has 16 rings (SSSR count). The Bertz CT molecular complexity index is 5850. The summed E-state index contributed by atoms with van der Waals surface area (Å²) in [6, 6.07) is 97.1. The van der Waals surface area contributed by atoms with Gasteiger partial charge in [0, 0.05) is 111 Å². The molecule has 0 spiro atoms. The second-order valence-corrected chi connectivity index (χ2v) is 26.3. The number of rotatable bonds is 9. The van der Waals surface area contributed by atoms with Crippen molar-refractivity contribution < 1.29 is 124 Å². The largest absolute Gasteiger partial charge is 0.512 e. The van der Waals surface area contributed by atoms with Gasteiger partial charge in [0.15, 0.2) is 0 Å². The Balaban J connectivity index is 0.000000246. The van der Waals surface area contributed by atoms with E-state index in [1.165, 1.54) is 178 Å². The topological polar surface area (TPSA) is 218 Å². The van der Waals surface area contributed by atoms with Crippen molar-refractivity contribution in [1.29, 1.82) is 0 Å². The molecular weight excluding hydrogens is 2160 g/mol. The van der Waals surface area contributed by atoms with Gasteiger partial charge in [0.2, 0.25) is 0 Å². The number of hydrogen-bond donors (Lipinski definition) is 4. The minimum atomic E-state index is -0.288. The van der Waals surface area contributed by atoms with Crippen LogP contribution >= 0.6 is 0 Å². The zero-order valence-corrected chi connectivity index (χ0v) is 75.2. The average molecular weight is 2250 g/mol. The summed E-state index contributed by atoms with van der Waals surface area (Å²) in [6.45, 7) is 16.2. The Morgan fingerprint density at radius 1 is 0.310 bits per heavy atom. The second kappa shape index (κ2) is 47.5. The number of aromatic nitrogens is 4. The van der Waals surface area contributed by atoms with Crippen molar-refractivity contribution in [3.05, 3.63) is 362 Å². The quantitative estimate of drug-likeness (QED) is 0.0357. The van der Waals surface area contributed by atoms with E-state index in [9.17, 15) is 4.39 Å². The number of nitrogens with zero attached hydrogens (tertiary/aromatic N) is 4. The van der Waals surface area contributed by atoms with Crippen molar-refractivity contribution in [3.63, 3.8) is 0 Å². The van der Waals surface area contributed by atoms with E-state index in [2.05, 4.69) is 246 Å². The number of benzene rings is 12. The molecule has 0 amide bonds. The third-order valence-corrected chi connectivity index (χ3v) is 17.1. The molecule has 0 saturated carbocycles. The van der Waals surface area contributed by atoms with Gasteiger partial charge in [0.25, 0.3) is 0 Å². The Morgan fingerprint density at radius 2 is 0.595 bits per heavy atom. The summed E-state index contributed by atoms with van der Waals surface area (Å²) < 4.78 is 13.1. The zero-order valence-electron chi connectivity index (χ0n) is 65.6. The van der Waals surface area contributed by atoms with Gasteiger partial charge in [-0.05, 0) is 161 Å². The van der Waals surface area contributed by atoms with Crippen molar-refractivity contribution in [1.82, 2.24) is 19.9 Å². The molecule has 8 N–H and O–H groups in total. The van der Waals surface area contributed by atoms with E-state index < -0.39 is 0 Å². The minimum Gasteiger partial charge on any atom is -0.512 e. The molecule has 0 atom stereocenters. The van der Waals surface area contributed by atoms with Gasteiger partial charge >= 0.3 is 23.1 Å². The molecule has 0 aliphatic heterocycles. The van der Waals surface area contributed by atoms with E-state index in [0.29, 0.717) is 0 Å². The SMILES string of the molecule is CC(=[OH+])C=C(C)O.CC(=[OH+])C=C(C)O.CC(=[OH+])C=C(C)O.CC(=[OH+])C=C(C)O.CCc1c[c-]c(-c2nccc3c2ccc2ccccc23)cc1.Cc1c[c-]c(-c2nccc3c2ccc2ccccc23)cc1.Fc1c[c-]c(-c2nccc3c2ccc2ccccc23)cc1.[Ir].[Ir].[Ir].[Ir].[c-]1ccccc1-c1nccc2c1ccc1ccccc12. The monoisotopic (exact) mass is 2250 g/mol. The summed E-state index contributed by atoms with van der Waals surface area (Å²) in [5, 5.41) is 53.1. The van der Waals surface area contributed by atoms with E-state index in [0.717, 1.165) is 62.2 Å². The van der Waals surface area contributed by atoms with Crippen LogP contribution in [0.1, 0.15) is 73.4 Å². The maximum absolute atomic E-state index is 13.1. The molecular formula is C99H89FIr4N4O8. The first-order valence-corrected chi connectivity index (χ1v) is 36.3. The molecule has 0 fully saturated rings. The molecule has 17 heteroatoms. The number of aliphatic hydroxyl groups excluding tert-OH is 4. The Hall–Kier alpha value is -11.3. The van der Waals surface area contributed by atoms with Crippen LogP contribution in [0.4, 0.5) is 4.39 Å². The number of carbonyl (C=O) groups excluding carboxylic acids is 4. The molecule has 0 unspecified atom stereocenters. The molecule has 0 aliphatic rings. The van der Waals surface area contributed by atoms with Crippen LogP contribution in [0.15, 0.2) is 321 Å². The molecule has 0 aliphatic carbocycles. The van der Waals surface area contributed by atoms with Crippen molar-refractivity contribution in [3.8, 4) is 45.0 Å². The smallest absolute Gasteiger partial charge is 0.316 e. The fourth-order valence-electron chi connectivity index (χ4n) is 12.4. The van der Waals surface area contributed by atoms with Crippen molar-refractivity contribution in [2.24, 2.45) is 0 Å². The fraction of sp³-hybridized carbons (Fsp3) is 0.111. The van der Waals surface area contributed by atoms with E-state index in [4.69, 9.17) is 39.6 Å². The third kappa shape index (κ3) is 27.4. The van der Waals surface area contributed by atoms with Crippen molar-refractivity contribution in [2.45, 2.75) is 75.7 Å². The fourth-order valence-corrected chi connectivity index (χ4v) is 12.4. The normalized spacial score (nSPS) is 10.8. The van der Waals surface area contributed by atoms with Crippen LogP contribution in [0.3, 0.4) is 0 Å². The van der Waals surface area contributed by atoms with Crippen molar-refractivity contribution in [2.75, 3.05) is 0 Å². The van der Waals surface area contributed by atoms with E-state index >= 15 is 0 Å². The molecule has 12 nitrogen and oxygen atoms in total. The summed E-state index contributed by atoms with van der Waals surface area (Å²) in [5.41, 5.74) is 10.3. The number of hydrogen-bond acceptors (Lipinski definition) is 8. The summed E-state index contributed by atoms with van der Waals surface area (Å²) in [6.07, 6.45) is 13.6. The summed E-state index contributed by atoms with van der Waals surface area (Å²) in [5.74, 6) is 0.712. The maximum Gasteiger partial charge on any atom is 0.316 e. The van der Waals surface area contributed by atoms with Crippen LogP contribution in [0.25, 0.3) is 131 Å². The van der Waals surface area contributed by atoms with Crippen LogP contribution in [-0.4, -0.2) is 82.7 Å². The Morgan fingerprint density at radius 3 is 0.836 bits per heavy atom. The molecule has 4 radical (unpaired) electrons. The summed E-state index contributed by atoms with van der Waals surface area (Å²) in [7, 11) is 0. The number of aliphatic hydroxyl groups is 4. The third-order valence-electron chi connectivity index (χ3n) is 17.1. The first-order valence-electron chi connectivity index (χ1n) is 36.3. The molecule has 116 heavy (non-hydrogen) atoms. The van der Waals surface area contributed by atoms with Crippen LogP contribution in [-0.2, 0) is 86.8 Å². The first kappa shape index (κ1) is 95.3. The van der Waals surface area contributed by atoms with Crippen LogP contribution < -0.4 is 0 Å². The number of ketones is 4. The molecule has 4 heterocycles. The first-order chi connectivity index (χ1) is 54.0. The average Bonchev–Trinajstić information content (AvgIpc) is 0.791. The second-order valence-electron chi connectivity index (χ2n) is 26.3. The van der Waals surface area contributed by atoms with Gasteiger partial charge in [-0.15, -0.1) is 137 Å². The predicted octanol–water partition coefficient (Wildman–Crippen LogP) is 24.5.